The summed E-state index contributed by atoms with van der Waals surface area (Å²) in [4.78, 5) is 32.7. The minimum atomic E-state index is -0.961. The number of carbonyl (C=O) groups is 2. The van der Waals surface area contributed by atoms with E-state index in [2.05, 4.69) is 10.3 Å². The molecule has 1 aromatic carbocycles. The molecule has 1 N–H and O–H groups in total. The third-order valence-corrected chi connectivity index (χ3v) is 5.75. The molecule has 4 rings (SSSR count). The second kappa shape index (κ2) is 10.2. The Morgan fingerprint density at radius 2 is 1.84 bits per heavy atom. The molecule has 166 valence electrons. The maximum atomic E-state index is 13.6. The normalized spacial score (nSPS) is 15.2. The molecule has 1 fully saturated rings. The van der Waals surface area contributed by atoms with Crippen molar-refractivity contribution in [2.75, 3.05) is 0 Å². The number of nitrogens with one attached hydrogen (secondary N) is 1. The zero-order valence-electron chi connectivity index (χ0n) is 17.7. The molecular weight excluding hydrogens is 409 g/mol. The molecular formula is C25H26FN3O3. The fraction of sp³-hybridized carbons (Fsp3) is 0.320. The lowest BCUT2D eigenvalue weighted by molar-refractivity contribution is -0.127. The summed E-state index contributed by atoms with van der Waals surface area (Å²) in [6, 6.07) is 13.3. The molecule has 1 saturated carbocycles. The van der Waals surface area contributed by atoms with Crippen molar-refractivity contribution in [3.63, 3.8) is 0 Å². The summed E-state index contributed by atoms with van der Waals surface area (Å²) in [7, 11) is 0. The van der Waals surface area contributed by atoms with Crippen LogP contribution in [0.3, 0.4) is 0 Å². The molecule has 2 heterocycles. The molecule has 0 spiro atoms. The second-order valence-electron chi connectivity index (χ2n) is 8.03. The van der Waals surface area contributed by atoms with Crippen LogP contribution in [0.4, 0.5) is 4.39 Å². The summed E-state index contributed by atoms with van der Waals surface area (Å²) in [6.45, 7) is 0.0720. The van der Waals surface area contributed by atoms with Gasteiger partial charge in [-0.15, -0.1) is 0 Å². The van der Waals surface area contributed by atoms with Crippen molar-refractivity contribution in [3.05, 3.63) is 89.9 Å². The lowest BCUT2D eigenvalue weighted by Crippen LogP contribution is -2.47. The number of amides is 2. The number of halogens is 1. The summed E-state index contributed by atoms with van der Waals surface area (Å²) < 4.78 is 19.1. The maximum absolute atomic E-state index is 13.6. The van der Waals surface area contributed by atoms with Gasteiger partial charge in [0.15, 0.2) is 0 Å². The van der Waals surface area contributed by atoms with Crippen molar-refractivity contribution in [2.24, 2.45) is 0 Å². The van der Waals surface area contributed by atoms with Gasteiger partial charge in [-0.2, -0.15) is 0 Å². The lowest BCUT2D eigenvalue weighted by atomic mass is 9.94. The van der Waals surface area contributed by atoms with E-state index in [9.17, 15) is 14.0 Å². The van der Waals surface area contributed by atoms with Crippen molar-refractivity contribution in [1.82, 2.24) is 15.2 Å². The first-order valence-corrected chi connectivity index (χ1v) is 10.9. The van der Waals surface area contributed by atoms with Gasteiger partial charge < -0.3 is 14.6 Å². The van der Waals surface area contributed by atoms with Crippen LogP contribution in [-0.4, -0.2) is 27.7 Å². The molecule has 0 aliphatic heterocycles. The van der Waals surface area contributed by atoms with Crippen molar-refractivity contribution in [2.45, 2.75) is 50.7 Å². The number of pyridine rings is 1. The second-order valence-corrected chi connectivity index (χ2v) is 8.03. The molecule has 32 heavy (non-hydrogen) atoms. The highest BCUT2D eigenvalue weighted by molar-refractivity contribution is 5.96. The number of rotatable bonds is 7. The molecule has 7 heteroatoms. The van der Waals surface area contributed by atoms with Gasteiger partial charge in [0.2, 0.25) is 5.91 Å². The number of hydrogen-bond donors (Lipinski definition) is 1. The van der Waals surface area contributed by atoms with Crippen LogP contribution in [0.1, 0.15) is 60.0 Å². The third kappa shape index (κ3) is 5.22. The number of carbonyl (C=O) groups excluding carboxylic acids is 2. The molecule has 1 atom stereocenters. The van der Waals surface area contributed by atoms with Crippen LogP contribution >= 0.6 is 0 Å². The highest BCUT2D eigenvalue weighted by atomic mass is 19.1. The maximum Gasteiger partial charge on any atom is 0.273 e. The Bertz CT molecular complexity index is 1020. The molecule has 1 aliphatic carbocycles. The molecule has 6 nitrogen and oxygen atoms in total. The monoisotopic (exact) mass is 435 g/mol. The summed E-state index contributed by atoms with van der Waals surface area (Å²) in [5.74, 6) is -0.574. The van der Waals surface area contributed by atoms with Gasteiger partial charge in [-0.05, 0) is 54.8 Å². The first-order chi connectivity index (χ1) is 15.6. The van der Waals surface area contributed by atoms with Crippen LogP contribution in [-0.2, 0) is 11.3 Å². The summed E-state index contributed by atoms with van der Waals surface area (Å²) in [5, 5.41) is 3.12. The number of nitrogens with zero attached hydrogens (tertiary/aromatic N) is 2. The summed E-state index contributed by atoms with van der Waals surface area (Å²) in [6.07, 6.45) is 8.17. The zero-order valence-corrected chi connectivity index (χ0v) is 17.7. The van der Waals surface area contributed by atoms with E-state index in [0.717, 1.165) is 32.1 Å². The van der Waals surface area contributed by atoms with E-state index in [4.69, 9.17) is 4.42 Å². The van der Waals surface area contributed by atoms with E-state index in [1.54, 1.807) is 42.5 Å². The van der Waals surface area contributed by atoms with E-state index in [-0.39, 0.29) is 24.2 Å². The predicted molar refractivity (Wildman–Crippen MR) is 117 cm³/mol. The summed E-state index contributed by atoms with van der Waals surface area (Å²) >= 11 is 0. The topological polar surface area (TPSA) is 75.4 Å². The van der Waals surface area contributed by atoms with Crippen LogP contribution in [0.25, 0.3) is 0 Å². The fourth-order valence-electron chi connectivity index (χ4n) is 4.13. The Hall–Kier alpha value is -3.48. The van der Waals surface area contributed by atoms with Gasteiger partial charge in [-0.1, -0.05) is 37.5 Å². The van der Waals surface area contributed by atoms with Gasteiger partial charge in [0, 0.05) is 12.2 Å². The Morgan fingerprint density at radius 3 is 2.50 bits per heavy atom. The van der Waals surface area contributed by atoms with Crippen molar-refractivity contribution in [3.8, 4) is 0 Å². The third-order valence-electron chi connectivity index (χ3n) is 5.75. The van der Waals surface area contributed by atoms with Gasteiger partial charge in [0.1, 0.15) is 23.3 Å². The Balaban J connectivity index is 1.71. The smallest absolute Gasteiger partial charge is 0.273 e. The zero-order chi connectivity index (χ0) is 22.3. The number of aromatic nitrogens is 1. The number of furan rings is 1. The highest BCUT2D eigenvalue weighted by Gasteiger charge is 2.34. The average Bonchev–Trinajstić information content (AvgIpc) is 3.34. The van der Waals surface area contributed by atoms with Crippen LogP contribution in [0.2, 0.25) is 0 Å². The van der Waals surface area contributed by atoms with Crippen LogP contribution in [0.15, 0.2) is 71.5 Å². The van der Waals surface area contributed by atoms with Gasteiger partial charge >= 0.3 is 0 Å². The van der Waals surface area contributed by atoms with E-state index >= 15 is 0 Å². The van der Waals surface area contributed by atoms with E-state index in [0.29, 0.717) is 11.3 Å². The van der Waals surface area contributed by atoms with Gasteiger partial charge in [-0.3, -0.25) is 14.6 Å². The fourth-order valence-corrected chi connectivity index (χ4v) is 4.13. The van der Waals surface area contributed by atoms with Gasteiger partial charge in [0.25, 0.3) is 5.91 Å². The van der Waals surface area contributed by atoms with Crippen LogP contribution in [0, 0.1) is 5.82 Å². The van der Waals surface area contributed by atoms with Crippen molar-refractivity contribution < 1.29 is 18.4 Å². The predicted octanol–water partition coefficient (Wildman–Crippen LogP) is 4.65. The van der Waals surface area contributed by atoms with E-state index < -0.39 is 17.8 Å². The number of hydrogen-bond acceptors (Lipinski definition) is 4. The number of benzene rings is 1. The molecule has 2 amide bonds. The minimum Gasteiger partial charge on any atom is -0.467 e. The van der Waals surface area contributed by atoms with E-state index in [1.807, 2.05) is 0 Å². The molecule has 3 aromatic rings. The average molecular weight is 435 g/mol. The first-order valence-electron chi connectivity index (χ1n) is 10.9. The van der Waals surface area contributed by atoms with Gasteiger partial charge in [-0.25, -0.2) is 4.39 Å². The van der Waals surface area contributed by atoms with Crippen molar-refractivity contribution >= 4 is 11.8 Å². The van der Waals surface area contributed by atoms with E-state index in [1.165, 1.54) is 29.5 Å². The minimum absolute atomic E-state index is 0.0645. The van der Waals surface area contributed by atoms with Crippen molar-refractivity contribution in [1.29, 1.82) is 0 Å². The highest BCUT2D eigenvalue weighted by Crippen LogP contribution is 2.27. The Kier molecular flexibility index (Phi) is 6.94. The standard InChI is InChI=1S/C25H26FN3O3/c26-19-13-11-18(12-14-19)23(24(30)28-20-7-2-1-3-8-20)29(17-21-9-6-16-32-21)25(31)22-10-4-5-15-27-22/h4-6,9-16,20,23H,1-3,7-8,17H2,(H,28,30)/t23-/m0/s1. The molecule has 0 unspecified atom stereocenters. The Morgan fingerprint density at radius 1 is 1.06 bits per heavy atom. The molecule has 0 saturated heterocycles. The SMILES string of the molecule is O=C(NC1CCCCC1)[C@H](c1ccc(F)cc1)N(Cc1ccco1)C(=O)c1ccccn1. The molecule has 2 aromatic heterocycles. The first kappa shape index (κ1) is 21.7. The summed E-state index contributed by atoms with van der Waals surface area (Å²) in [5.41, 5.74) is 0.743. The van der Waals surface area contributed by atoms with Gasteiger partial charge in [0.05, 0.1) is 12.8 Å². The molecule has 1 aliphatic rings. The quantitative estimate of drug-likeness (QED) is 0.586. The molecule has 0 bridgehead atoms. The Labute approximate surface area is 186 Å². The lowest BCUT2D eigenvalue weighted by Gasteiger charge is -2.32. The van der Waals surface area contributed by atoms with Crippen LogP contribution in [0.5, 0.6) is 0 Å². The molecule has 0 radical (unpaired) electrons. The largest absolute Gasteiger partial charge is 0.467 e. The van der Waals surface area contributed by atoms with Crippen LogP contribution < -0.4 is 5.32 Å².